The predicted molar refractivity (Wildman–Crippen MR) is 82.8 cm³/mol. The summed E-state index contributed by atoms with van der Waals surface area (Å²) in [4.78, 5) is 10.1. The number of guanidine groups is 1. The molecule has 0 saturated carbocycles. The molecule has 4 nitrogen and oxygen atoms in total. The molecule has 0 saturated heterocycles. The van der Waals surface area contributed by atoms with Crippen LogP contribution < -0.4 is 10.6 Å². The number of aryl methyl sites for hydroxylation is 1. The Kier molecular flexibility index (Phi) is 5.35. The summed E-state index contributed by atoms with van der Waals surface area (Å²) in [5.74, 6) is 0.849. The number of hydrogen-bond acceptors (Lipinski definition) is 4. The van der Waals surface area contributed by atoms with Gasteiger partial charge in [-0.25, -0.2) is 9.98 Å². The molecule has 102 valence electrons. The first kappa shape index (κ1) is 14.0. The number of hydrogen-bond donors (Lipinski definition) is 2. The largest absolute Gasteiger partial charge is 0.357 e. The molecule has 6 heteroatoms. The van der Waals surface area contributed by atoms with Crippen molar-refractivity contribution in [1.29, 1.82) is 0 Å². The van der Waals surface area contributed by atoms with Crippen molar-refractivity contribution in [2.45, 2.75) is 26.9 Å². The molecular formula is C13H18N4S2. The molecule has 0 spiro atoms. The Bertz CT molecular complexity index is 516. The molecule has 2 aromatic rings. The molecule has 0 aliphatic rings. The number of aliphatic imine (C=N–C) groups is 1. The van der Waals surface area contributed by atoms with Gasteiger partial charge in [-0.15, -0.1) is 11.3 Å². The van der Waals surface area contributed by atoms with E-state index in [0.29, 0.717) is 6.54 Å². The molecule has 0 unspecified atom stereocenters. The molecule has 2 aromatic heterocycles. The Morgan fingerprint density at radius 1 is 1.42 bits per heavy atom. The zero-order valence-electron chi connectivity index (χ0n) is 11.1. The van der Waals surface area contributed by atoms with Crippen LogP contribution in [0.3, 0.4) is 0 Å². The fraction of sp³-hybridized carbons (Fsp3) is 0.385. The van der Waals surface area contributed by atoms with Gasteiger partial charge in [0.1, 0.15) is 0 Å². The van der Waals surface area contributed by atoms with E-state index in [1.54, 1.807) is 22.7 Å². The molecule has 0 aliphatic carbocycles. The lowest BCUT2D eigenvalue weighted by Crippen LogP contribution is -2.36. The van der Waals surface area contributed by atoms with Gasteiger partial charge in [0.25, 0.3) is 0 Å². The van der Waals surface area contributed by atoms with E-state index in [1.807, 2.05) is 12.4 Å². The zero-order chi connectivity index (χ0) is 13.5. The van der Waals surface area contributed by atoms with Gasteiger partial charge >= 0.3 is 0 Å². The molecule has 0 amide bonds. The summed E-state index contributed by atoms with van der Waals surface area (Å²) in [6.45, 7) is 6.44. The lowest BCUT2D eigenvalue weighted by atomic mass is 10.3. The Morgan fingerprint density at radius 2 is 2.32 bits per heavy atom. The first-order valence-corrected chi connectivity index (χ1v) is 8.04. The molecule has 2 N–H and O–H groups in total. The molecule has 2 heterocycles. The van der Waals surface area contributed by atoms with Gasteiger partial charge in [-0.2, -0.15) is 11.3 Å². The molecule has 0 radical (unpaired) electrons. The van der Waals surface area contributed by atoms with Crippen molar-refractivity contribution in [1.82, 2.24) is 15.6 Å². The van der Waals surface area contributed by atoms with E-state index in [9.17, 15) is 0 Å². The summed E-state index contributed by atoms with van der Waals surface area (Å²) in [6.07, 6.45) is 0. The van der Waals surface area contributed by atoms with E-state index in [0.717, 1.165) is 24.7 Å². The lowest BCUT2D eigenvalue weighted by molar-refractivity contribution is 0.819. The van der Waals surface area contributed by atoms with Gasteiger partial charge in [-0.05, 0) is 36.2 Å². The summed E-state index contributed by atoms with van der Waals surface area (Å²) >= 11 is 3.37. The van der Waals surface area contributed by atoms with Crippen molar-refractivity contribution in [3.8, 4) is 0 Å². The molecular weight excluding hydrogens is 276 g/mol. The Labute approximate surface area is 121 Å². The standard InChI is InChI=1S/C13H18N4S2/c1-3-14-13(15-6-11-4-5-18-8-11)16-7-12-10(2)17-9-19-12/h4-5,8-9H,3,6-7H2,1-2H3,(H2,14,15,16). The summed E-state index contributed by atoms with van der Waals surface area (Å²) < 4.78 is 0. The third kappa shape index (κ3) is 4.33. The van der Waals surface area contributed by atoms with Crippen LogP contribution >= 0.6 is 22.7 Å². The predicted octanol–water partition coefficient (Wildman–Crippen LogP) is 2.77. The number of rotatable bonds is 5. The van der Waals surface area contributed by atoms with Gasteiger partial charge in [0.15, 0.2) is 5.96 Å². The smallest absolute Gasteiger partial charge is 0.191 e. The van der Waals surface area contributed by atoms with Crippen molar-refractivity contribution in [2.75, 3.05) is 6.54 Å². The highest BCUT2D eigenvalue weighted by molar-refractivity contribution is 7.09. The number of aromatic nitrogens is 1. The molecule has 0 fully saturated rings. The Hall–Kier alpha value is -1.40. The van der Waals surface area contributed by atoms with Crippen LogP contribution in [-0.2, 0) is 13.1 Å². The van der Waals surface area contributed by atoms with Crippen LogP contribution in [0.5, 0.6) is 0 Å². The summed E-state index contributed by atoms with van der Waals surface area (Å²) in [6, 6.07) is 2.10. The average molecular weight is 294 g/mol. The number of nitrogens with zero attached hydrogens (tertiary/aromatic N) is 2. The highest BCUT2D eigenvalue weighted by Crippen LogP contribution is 2.11. The van der Waals surface area contributed by atoms with E-state index in [1.165, 1.54) is 10.4 Å². The zero-order valence-corrected chi connectivity index (χ0v) is 12.8. The van der Waals surface area contributed by atoms with Gasteiger partial charge in [0.2, 0.25) is 0 Å². The monoisotopic (exact) mass is 294 g/mol. The van der Waals surface area contributed by atoms with Gasteiger partial charge in [0.05, 0.1) is 24.3 Å². The van der Waals surface area contributed by atoms with Crippen molar-refractivity contribution in [3.63, 3.8) is 0 Å². The maximum Gasteiger partial charge on any atom is 0.191 e. The fourth-order valence-corrected chi connectivity index (χ4v) is 2.93. The average Bonchev–Trinajstić information content (AvgIpc) is 3.04. The number of thiazole rings is 1. The SMILES string of the molecule is CCNC(=NCc1ccsc1)NCc1scnc1C. The third-order valence-corrected chi connectivity index (χ3v) is 4.27. The van der Waals surface area contributed by atoms with Crippen LogP contribution in [0.15, 0.2) is 27.3 Å². The first-order chi connectivity index (χ1) is 9.29. The Balaban J connectivity index is 1.92. The van der Waals surface area contributed by atoms with E-state index in [4.69, 9.17) is 0 Å². The molecule has 0 atom stereocenters. The van der Waals surface area contributed by atoms with Crippen molar-refractivity contribution < 1.29 is 0 Å². The summed E-state index contributed by atoms with van der Waals surface area (Å²) in [7, 11) is 0. The van der Waals surface area contributed by atoms with Crippen molar-refractivity contribution >= 4 is 28.6 Å². The van der Waals surface area contributed by atoms with Crippen LogP contribution in [0.4, 0.5) is 0 Å². The second-order valence-electron chi connectivity index (χ2n) is 4.04. The van der Waals surface area contributed by atoms with E-state index < -0.39 is 0 Å². The van der Waals surface area contributed by atoms with Crippen LogP contribution in [-0.4, -0.2) is 17.5 Å². The topological polar surface area (TPSA) is 49.3 Å². The molecule has 2 rings (SSSR count). The highest BCUT2D eigenvalue weighted by Gasteiger charge is 2.03. The maximum atomic E-state index is 4.57. The van der Waals surface area contributed by atoms with Crippen LogP contribution in [0.25, 0.3) is 0 Å². The van der Waals surface area contributed by atoms with E-state index in [-0.39, 0.29) is 0 Å². The van der Waals surface area contributed by atoms with Crippen molar-refractivity contribution in [2.24, 2.45) is 4.99 Å². The minimum Gasteiger partial charge on any atom is -0.357 e. The molecule has 0 aliphatic heterocycles. The van der Waals surface area contributed by atoms with Gasteiger partial charge in [-0.3, -0.25) is 0 Å². The third-order valence-electron chi connectivity index (χ3n) is 2.61. The van der Waals surface area contributed by atoms with E-state index in [2.05, 4.69) is 44.4 Å². The van der Waals surface area contributed by atoms with Gasteiger partial charge in [0, 0.05) is 11.4 Å². The second kappa shape index (κ2) is 7.25. The van der Waals surface area contributed by atoms with E-state index >= 15 is 0 Å². The minimum atomic E-state index is 0.709. The van der Waals surface area contributed by atoms with Gasteiger partial charge in [-0.1, -0.05) is 0 Å². The molecule has 0 bridgehead atoms. The van der Waals surface area contributed by atoms with Crippen LogP contribution in [0, 0.1) is 6.92 Å². The fourth-order valence-electron chi connectivity index (χ4n) is 1.55. The number of thiophene rings is 1. The first-order valence-electron chi connectivity index (χ1n) is 6.21. The lowest BCUT2D eigenvalue weighted by Gasteiger charge is -2.10. The van der Waals surface area contributed by atoms with Crippen molar-refractivity contribution in [3.05, 3.63) is 38.5 Å². The number of nitrogens with one attached hydrogen (secondary N) is 2. The van der Waals surface area contributed by atoms with Gasteiger partial charge < -0.3 is 10.6 Å². The van der Waals surface area contributed by atoms with Crippen LogP contribution in [0.1, 0.15) is 23.1 Å². The molecule has 19 heavy (non-hydrogen) atoms. The summed E-state index contributed by atoms with van der Waals surface area (Å²) in [5.41, 5.74) is 4.21. The molecule has 0 aromatic carbocycles. The summed E-state index contributed by atoms with van der Waals surface area (Å²) in [5, 5.41) is 10.8. The minimum absolute atomic E-state index is 0.709. The Morgan fingerprint density at radius 3 is 2.95 bits per heavy atom. The maximum absolute atomic E-state index is 4.57. The normalized spacial score (nSPS) is 11.6. The van der Waals surface area contributed by atoms with Crippen LogP contribution in [0.2, 0.25) is 0 Å². The highest BCUT2D eigenvalue weighted by atomic mass is 32.1. The second-order valence-corrected chi connectivity index (χ2v) is 5.76. The quantitative estimate of drug-likeness (QED) is 0.658.